The molecule has 0 radical (unpaired) electrons. The maximum absolute atomic E-state index is 5.54. The minimum absolute atomic E-state index is 0.602. The molecule has 184 valence electrons. The summed E-state index contributed by atoms with van der Waals surface area (Å²) in [5.74, 6) is 0. The van der Waals surface area contributed by atoms with Crippen molar-refractivity contribution in [3.05, 3.63) is 28.1 Å². The van der Waals surface area contributed by atoms with Gasteiger partial charge < -0.3 is 0 Å². The summed E-state index contributed by atoms with van der Waals surface area (Å²) in [7, 11) is 2.36. The van der Waals surface area contributed by atoms with Gasteiger partial charge in [0.1, 0.15) is 0 Å². The maximum Gasteiger partial charge on any atom is 0.0457 e. The average molecular weight is 443 g/mol. The second-order valence-corrected chi connectivity index (χ2v) is 10.3. The molecule has 0 N–H and O–H groups in total. The Labute approximate surface area is 201 Å². The fourth-order valence-corrected chi connectivity index (χ4v) is 5.64. The van der Waals surface area contributed by atoms with Gasteiger partial charge in [-0.15, -0.1) is 0 Å². The molecule has 2 heterocycles. The van der Waals surface area contributed by atoms with E-state index in [0.29, 0.717) is 6.04 Å². The van der Waals surface area contributed by atoms with Crippen LogP contribution < -0.4 is 0 Å². The molecule has 0 bridgehead atoms. The third-order valence-corrected chi connectivity index (χ3v) is 7.57. The highest BCUT2D eigenvalue weighted by Gasteiger charge is 2.30. The second kappa shape index (κ2) is 15.9. The van der Waals surface area contributed by atoms with Crippen molar-refractivity contribution < 1.29 is 0 Å². The van der Waals surface area contributed by atoms with Crippen LogP contribution >= 0.6 is 0 Å². The van der Waals surface area contributed by atoms with E-state index in [4.69, 9.17) is 4.98 Å². The molecule has 2 nitrogen and oxygen atoms in total. The van der Waals surface area contributed by atoms with Gasteiger partial charge in [0.15, 0.2) is 0 Å². The zero-order valence-electron chi connectivity index (χ0n) is 22.4. The summed E-state index contributed by atoms with van der Waals surface area (Å²) in [5, 5.41) is 0. The van der Waals surface area contributed by atoms with Crippen molar-refractivity contribution in [2.45, 2.75) is 149 Å². The van der Waals surface area contributed by atoms with E-state index in [1.54, 1.807) is 16.7 Å². The molecule has 1 unspecified atom stereocenters. The number of nitrogens with zero attached hydrogens (tertiary/aromatic N) is 2. The highest BCUT2D eigenvalue weighted by Crippen LogP contribution is 2.38. The van der Waals surface area contributed by atoms with E-state index in [0.717, 1.165) is 0 Å². The minimum atomic E-state index is 0.602. The van der Waals surface area contributed by atoms with Gasteiger partial charge in [0.2, 0.25) is 0 Å². The molecular formula is C30H54N2. The summed E-state index contributed by atoms with van der Waals surface area (Å²) in [5.41, 5.74) is 8.08. The van der Waals surface area contributed by atoms with Crippen LogP contribution in [0.1, 0.15) is 152 Å². The molecule has 0 amide bonds. The van der Waals surface area contributed by atoms with E-state index in [1.165, 1.54) is 134 Å². The molecule has 32 heavy (non-hydrogen) atoms. The van der Waals surface area contributed by atoms with Crippen LogP contribution in [-0.4, -0.2) is 23.5 Å². The first-order valence-electron chi connectivity index (χ1n) is 14.4. The van der Waals surface area contributed by atoms with Crippen LogP contribution in [0.2, 0.25) is 0 Å². The number of pyridine rings is 1. The van der Waals surface area contributed by atoms with Gasteiger partial charge in [-0.25, -0.2) is 0 Å². The monoisotopic (exact) mass is 442 g/mol. The summed E-state index contributed by atoms with van der Waals surface area (Å²) >= 11 is 0. The Hall–Kier alpha value is -0.890. The summed E-state index contributed by atoms with van der Waals surface area (Å²) in [4.78, 5) is 8.17. The van der Waals surface area contributed by atoms with Crippen LogP contribution in [0.4, 0.5) is 0 Å². The van der Waals surface area contributed by atoms with Gasteiger partial charge in [-0.3, -0.25) is 9.88 Å². The quantitative estimate of drug-likeness (QED) is 0.224. The number of unbranched alkanes of at least 4 members (excludes halogenated alkanes) is 8. The molecule has 0 saturated carbocycles. The van der Waals surface area contributed by atoms with Crippen LogP contribution in [-0.2, 0) is 25.7 Å². The van der Waals surface area contributed by atoms with Gasteiger partial charge in [0.05, 0.1) is 0 Å². The fraction of sp³-hybridized carbons (Fsp3) is 0.833. The van der Waals surface area contributed by atoms with Crippen molar-refractivity contribution in [2.75, 3.05) is 13.6 Å². The van der Waals surface area contributed by atoms with Gasteiger partial charge in [0.25, 0.3) is 0 Å². The molecule has 0 aliphatic carbocycles. The first-order valence-corrected chi connectivity index (χ1v) is 14.4. The topological polar surface area (TPSA) is 16.1 Å². The van der Waals surface area contributed by atoms with E-state index >= 15 is 0 Å². The predicted octanol–water partition coefficient (Wildman–Crippen LogP) is 8.78. The van der Waals surface area contributed by atoms with Crippen molar-refractivity contribution in [1.29, 1.82) is 0 Å². The molecule has 1 aliphatic heterocycles. The molecule has 1 aliphatic rings. The molecule has 2 heteroatoms. The summed E-state index contributed by atoms with van der Waals surface area (Å²) < 4.78 is 0. The van der Waals surface area contributed by atoms with E-state index in [2.05, 4.69) is 39.6 Å². The molecule has 2 rings (SSSR count). The minimum Gasteiger partial charge on any atom is -0.299 e. The Morgan fingerprint density at radius 3 is 1.66 bits per heavy atom. The van der Waals surface area contributed by atoms with Crippen molar-refractivity contribution in [1.82, 2.24) is 9.88 Å². The second-order valence-electron chi connectivity index (χ2n) is 10.3. The first kappa shape index (κ1) is 27.4. The lowest BCUT2D eigenvalue weighted by Gasteiger charge is -2.29. The van der Waals surface area contributed by atoms with Crippen LogP contribution in [0.25, 0.3) is 0 Å². The average Bonchev–Trinajstić information content (AvgIpc) is 3.21. The van der Waals surface area contributed by atoms with E-state index < -0.39 is 0 Å². The highest BCUT2D eigenvalue weighted by atomic mass is 15.1. The summed E-state index contributed by atoms with van der Waals surface area (Å²) in [6, 6.07) is 0.602. The zero-order valence-corrected chi connectivity index (χ0v) is 22.4. The third kappa shape index (κ3) is 8.15. The fourth-order valence-electron chi connectivity index (χ4n) is 5.64. The lowest BCUT2D eigenvalue weighted by atomic mass is 9.85. The van der Waals surface area contributed by atoms with Gasteiger partial charge in [0, 0.05) is 17.4 Å². The smallest absolute Gasteiger partial charge is 0.0457 e. The van der Waals surface area contributed by atoms with Crippen LogP contribution in [0.3, 0.4) is 0 Å². The lowest BCUT2D eigenvalue weighted by molar-refractivity contribution is 0.313. The predicted molar refractivity (Wildman–Crippen MR) is 142 cm³/mol. The van der Waals surface area contributed by atoms with Gasteiger partial charge in [-0.1, -0.05) is 79.1 Å². The largest absolute Gasteiger partial charge is 0.299 e. The van der Waals surface area contributed by atoms with Crippen molar-refractivity contribution in [3.8, 4) is 0 Å². The first-order chi connectivity index (χ1) is 15.7. The van der Waals surface area contributed by atoms with Crippen molar-refractivity contribution in [3.63, 3.8) is 0 Å². The normalized spacial score (nSPS) is 16.8. The van der Waals surface area contributed by atoms with Crippen molar-refractivity contribution in [2.24, 2.45) is 0 Å². The molecule has 1 fully saturated rings. The number of hydrogen-bond donors (Lipinski definition) is 0. The standard InChI is InChI=1S/C30H54N2/c1-6-10-14-19-25-26(20-15-11-7-2)30(29-23-18-24-32(29)5)28(22-17-13-9-4)31-27(25)21-16-12-8-3/h29H,6-24H2,1-5H3. The Morgan fingerprint density at radius 1 is 0.656 bits per heavy atom. The Kier molecular flexibility index (Phi) is 13.6. The molecule has 1 saturated heterocycles. The van der Waals surface area contributed by atoms with Crippen LogP contribution in [0, 0.1) is 0 Å². The highest BCUT2D eigenvalue weighted by molar-refractivity contribution is 5.44. The van der Waals surface area contributed by atoms with Gasteiger partial charge in [-0.05, 0) is 94.5 Å². The summed E-state index contributed by atoms with van der Waals surface area (Å²) in [6.07, 6.45) is 23.4. The molecule has 1 aromatic heterocycles. The number of hydrogen-bond acceptors (Lipinski definition) is 2. The lowest BCUT2D eigenvalue weighted by Crippen LogP contribution is -2.23. The SMILES string of the molecule is CCCCCc1nc(CCCCC)c(C2CCCN2C)c(CCCCC)c1CCCCC. The zero-order chi connectivity index (χ0) is 23.2. The van der Waals surface area contributed by atoms with E-state index in [-0.39, 0.29) is 0 Å². The van der Waals surface area contributed by atoms with Gasteiger partial charge >= 0.3 is 0 Å². The molecule has 1 atom stereocenters. The van der Waals surface area contributed by atoms with Crippen LogP contribution in [0.15, 0.2) is 0 Å². The number of rotatable bonds is 17. The molecule has 0 spiro atoms. The molecule has 0 aromatic carbocycles. The Balaban J connectivity index is 2.55. The van der Waals surface area contributed by atoms with E-state index in [9.17, 15) is 0 Å². The number of aromatic nitrogens is 1. The summed E-state index contributed by atoms with van der Waals surface area (Å²) in [6.45, 7) is 10.6. The van der Waals surface area contributed by atoms with E-state index in [1.807, 2.05) is 0 Å². The molecule has 1 aromatic rings. The Morgan fingerprint density at radius 2 is 1.16 bits per heavy atom. The van der Waals surface area contributed by atoms with Crippen molar-refractivity contribution >= 4 is 0 Å². The maximum atomic E-state index is 5.54. The van der Waals surface area contributed by atoms with Gasteiger partial charge in [-0.2, -0.15) is 0 Å². The number of aryl methyl sites for hydroxylation is 2. The third-order valence-electron chi connectivity index (χ3n) is 7.57. The van der Waals surface area contributed by atoms with Crippen LogP contribution in [0.5, 0.6) is 0 Å². The molecular weight excluding hydrogens is 388 g/mol. The number of likely N-dealkylation sites (tertiary alicyclic amines) is 1. The Bertz CT molecular complexity index is 636.